The number of hydrogen-bond donors (Lipinski definition) is 1. The Hall–Kier alpha value is -1.45. The number of pyridine rings is 1. The average molecular weight is 314 g/mol. The first kappa shape index (κ1) is 17.9. The minimum atomic E-state index is -0.239. The van der Waals surface area contributed by atoms with Gasteiger partial charge in [0.05, 0.1) is 6.10 Å². The van der Waals surface area contributed by atoms with Crippen LogP contribution in [-0.2, 0) is 6.42 Å². The summed E-state index contributed by atoms with van der Waals surface area (Å²) in [5, 5.41) is 10.3. The second-order valence-electron chi connectivity index (χ2n) is 6.94. The highest BCUT2D eigenvalue weighted by Crippen LogP contribution is 2.21. The SMILES string of the molecule is CC(C)=CCC/C(C)=C/CN1C[C@@H](Cc2ccccn2)[C@H](O)C1. The fourth-order valence-corrected chi connectivity index (χ4v) is 3.05. The van der Waals surface area contributed by atoms with Crippen molar-refractivity contribution in [2.45, 2.75) is 46.1 Å². The lowest BCUT2D eigenvalue weighted by Crippen LogP contribution is -2.22. The van der Waals surface area contributed by atoms with Gasteiger partial charge in [-0.2, -0.15) is 0 Å². The second-order valence-corrected chi connectivity index (χ2v) is 6.94. The first-order valence-electron chi connectivity index (χ1n) is 8.64. The van der Waals surface area contributed by atoms with E-state index in [0.717, 1.165) is 44.6 Å². The molecule has 1 aromatic rings. The normalized spacial score (nSPS) is 22.3. The maximum Gasteiger partial charge on any atom is 0.0711 e. The first-order chi connectivity index (χ1) is 11.0. The van der Waals surface area contributed by atoms with Crippen LogP contribution < -0.4 is 0 Å². The Morgan fingerprint density at radius 3 is 2.78 bits per heavy atom. The molecule has 0 saturated carbocycles. The molecule has 1 saturated heterocycles. The Kier molecular flexibility index (Phi) is 7.00. The summed E-state index contributed by atoms with van der Waals surface area (Å²) in [5.41, 5.74) is 3.90. The van der Waals surface area contributed by atoms with Gasteiger partial charge in [0.1, 0.15) is 0 Å². The van der Waals surface area contributed by atoms with E-state index in [9.17, 15) is 5.11 Å². The molecule has 1 aromatic heterocycles. The molecule has 126 valence electrons. The molecule has 0 amide bonds. The van der Waals surface area contributed by atoms with Crippen LogP contribution in [0.2, 0.25) is 0 Å². The van der Waals surface area contributed by atoms with Crippen molar-refractivity contribution < 1.29 is 5.11 Å². The summed E-state index contributed by atoms with van der Waals surface area (Å²) in [5.74, 6) is 0.296. The summed E-state index contributed by atoms with van der Waals surface area (Å²) in [4.78, 5) is 6.73. The number of likely N-dealkylation sites (tertiary alicyclic amines) is 1. The van der Waals surface area contributed by atoms with Crippen LogP contribution in [0.15, 0.2) is 47.7 Å². The van der Waals surface area contributed by atoms with Gasteiger partial charge < -0.3 is 5.11 Å². The molecule has 2 atom stereocenters. The topological polar surface area (TPSA) is 36.4 Å². The zero-order valence-corrected chi connectivity index (χ0v) is 14.7. The summed E-state index contributed by atoms with van der Waals surface area (Å²) in [6.45, 7) is 9.16. The maximum absolute atomic E-state index is 10.3. The number of β-amino-alcohol motifs (C(OH)–C–C–N with tert-alkyl or cyclic N) is 1. The number of hydrogen-bond acceptors (Lipinski definition) is 3. The van der Waals surface area contributed by atoms with Gasteiger partial charge in [-0.3, -0.25) is 9.88 Å². The molecule has 0 bridgehead atoms. The Morgan fingerprint density at radius 1 is 1.26 bits per heavy atom. The summed E-state index contributed by atoms with van der Waals surface area (Å²) < 4.78 is 0. The molecule has 0 aliphatic carbocycles. The number of aliphatic hydroxyl groups excluding tert-OH is 1. The van der Waals surface area contributed by atoms with E-state index in [0.29, 0.717) is 5.92 Å². The minimum absolute atomic E-state index is 0.239. The molecule has 3 heteroatoms. The summed E-state index contributed by atoms with van der Waals surface area (Å²) in [6, 6.07) is 5.99. The molecule has 0 aromatic carbocycles. The molecule has 0 unspecified atom stereocenters. The monoisotopic (exact) mass is 314 g/mol. The van der Waals surface area contributed by atoms with Crippen molar-refractivity contribution >= 4 is 0 Å². The predicted octanol–water partition coefficient (Wildman–Crippen LogP) is 3.61. The lowest BCUT2D eigenvalue weighted by atomic mass is 10.00. The Bertz CT molecular complexity index is 532. The zero-order chi connectivity index (χ0) is 16.7. The van der Waals surface area contributed by atoms with Crippen molar-refractivity contribution in [1.82, 2.24) is 9.88 Å². The summed E-state index contributed by atoms with van der Waals surface area (Å²) >= 11 is 0. The van der Waals surface area contributed by atoms with Crippen molar-refractivity contribution in [3.8, 4) is 0 Å². The first-order valence-corrected chi connectivity index (χ1v) is 8.64. The summed E-state index contributed by atoms with van der Waals surface area (Å²) in [6.07, 6.45) is 9.30. The molecule has 2 rings (SSSR count). The molecule has 1 fully saturated rings. The van der Waals surface area contributed by atoms with E-state index in [1.165, 1.54) is 11.1 Å². The van der Waals surface area contributed by atoms with Gasteiger partial charge in [-0.1, -0.05) is 29.4 Å². The average Bonchev–Trinajstić information content (AvgIpc) is 2.86. The van der Waals surface area contributed by atoms with Crippen LogP contribution in [0.3, 0.4) is 0 Å². The molecule has 0 radical (unpaired) electrons. The Labute approximate surface area is 140 Å². The van der Waals surface area contributed by atoms with Crippen molar-refractivity contribution in [3.05, 3.63) is 53.4 Å². The smallest absolute Gasteiger partial charge is 0.0711 e. The van der Waals surface area contributed by atoms with E-state index >= 15 is 0 Å². The van der Waals surface area contributed by atoms with Crippen LogP contribution >= 0.6 is 0 Å². The number of aromatic nitrogens is 1. The number of nitrogens with zero attached hydrogens (tertiary/aromatic N) is 2. The third-order valence-corrected chi connectivity index (χ3v) is 4.47. The van der Waals surface area contributed by atoms with Gasteiger partial charge in [0.15, 0.2) is 0 Å². The highest BCUT2D eigenvalue weighted by molar-refractivity contribution is 5.07. The quantitative estimate of drug-likeness (QED) is 0.781. The van der Waals surface area contributed by atoms with Gasteiger partial charge in [-0.05, 0) is 52.2 Å². The van der Waals surface area contributed by atoms with Gasteiger partial charge >= 0.3 is 0 Å². The van der Waals surface area contributed by atoms with Crippen LogP contribution in [0.25, 0.3) is 0 Å². The van der Waals surface area contributed by atoms with E-state index in [4.69, 9.17) is 0 Å². The van der Waals surface area contributed by atoms with Crippen LogP contribution in [0.1, 0.15) is 39.3 Å². The van der Waals surface area contributed by atoms with E-state index in [2.05, 4.69) is 42.8 Å². The fraction of sp³-hybridized carbons (Fsp3) is 0.550. The van der Waals surface area contributed by atoms with Gasteiger partial charge in [0.2, 0.25) is 0 Å². The van der Waals surface area contributed by atoms with E-state index in [1.54, 1.807) is 0 Å². The van der Waals surface area contributed by atoms with Gasteiger partial charge in [0, 0.05) is 37.4 Å². The van der Waals surface area contributed by atoms with Gasteiger partial charge in [-0.25, -0.2) is 0 Å². The molecule has 3 nitrogen and oxygen atoms in total. The zero-order valence-electron chi connectivity index (χ0n) is 14.7. The van der Waals surface area contributed by atoms with Crippen LogP contribution in [0.5, 0.6) is 0 Å². The molecular weight excluding hydrogens is 284 g/mol. The van der Waals surface area contributed by atoms with Gasteiger partial charge in [0.25, 0.3) is 0 Å². The molecule has 1 N–H and O–H groups in total. The highest BCUT2D eigenvalue weighted by atomic mass is 16.3. The Morgan fingerprint density at radius 2 is 2.09 bits per heavy atom. The highest BCUT2D eigenvalue weighted by Gasteiger charge is 2.30. The van der Waals surface area contributed by atoms with Crippen LogP contribution in [0, 0.1) is 5.92 Å². The van der Waals surface area contributed by atoms with Gasteiger partial charge in [-0.15, -0.1) is 0 Å². The third kappa shape index (κ3) is 6.28. The molecule has 2 heterocycles. The standard InChI is InChI=1S/C20H30N2O/c1-16(2)7-6-8-17(3)10-12-22-14-18(20(23)15-22)13-19-9-4-5-11-21-19/h4-5,7,9-11,18,20,23H,6,8,12-15H2,1-3H3/b17-10+/t18-,20-/m1/s1. The molecule has 1 aliphatic rings. The number of allylic oxidation sites excluding steroid dienone is 3. The number of rotatable bonds is 7. The number of aliphatic hydroxyl groups is 1. The van der Waals surface area contributed by atoms with E-state index in [1.807, 2.05) is 24.4 Å². The minimum Gasteiger partial charge on any atom is -0.391 e. The Balaban J connectivity index is 1.78. The largest absolute Gasteiger partial charge is 0.391 e. The lowest BCUT2D eigenvalue weighted by molar-refractivity contribution is 0.142. The molecule has 0 spiro atoms. The van der Waals surface area contributed by atoms with Crippen molar-refractivity contribution in [2.75, 3.05) is 19.6 Å². The van der Waals surface area contributed by atoms with Crippen LogP contribution in [0.4, 0.5) is 0 Å². The lowest BCUT2D eigenvalue weighted by Gasteiger charge is -2.14. The predicted molar refractivity (Wildman–Crippen MR) is 96.3 cm³/mol. The molecule has 23 heavy (non-hydrogen) atoms. The molecule has 1 aliphatic heterocycles. The fourth-order valence-electron chi connectivity index (χ4n) is 3.05. The van der Waals surface area contributed by atoms with E-state index in [-0.39, 0.29) is 6.10 Å². The summed E-state index contributed by atoms with van der Waals surface area (Å²) in [7, 11) is 0. The van der Waals surface area contributed by atoms with Crippen molar-refractivity contribution in [3.63, 3.8) is 0 Å². The second kappa shape index (κ2) is 8.99. The third-order valence-electron chi connectivity index (χ3n) is 4.47. The van der Waals surface area contributed by atoms with E-state index < -0.39 is 0 Å². The van der Waals surface area contributed by atoms with Crippen molar-refractivity contribution in [2.24, 2.45) is 5.92 Å². The van der Waals surface area contributed by atoms with Crippen LogP contribution in [-0.4, -0.2) is 40.7 Å². The maximum atomic E-state index is 10.3. The van der Waals surface area contributed by atoms with Crippen molar-refractivity contribution in [1.29, 1.82) is 0 Å². The molecular formula is C20H30N2O.